The Hall–Kier alpha value is -0.930. The van der Waals surface area contributed by atoms with E-state index in [1.807, 2.05) is 0 Å². The first-order valence-electron chi connectivity index (χ1n) is 4.78. The van der Waals surface area contributed by atoms with Gasteiger partial charge in [-0.1, -0.05) is 13.8 Å². The molecule has 0 aromatic heterocycles. The molecule has 1 atom stereocenters. The Kier molecular flexibility index (Phi) is 5.47. The molecule has 3 nitrogen and oxygen atoms in total. The van der Waals surface area contributed by atoms with Crippen LogP contribution < -0.4 is 5.73 Å². The highest BCUT2D eigenvalue weighted by molar-refractivity contribution is 5.85. The van der Waals surface area contributed by atoms with Crippen molar-refractivity contribution < 1.29 is 10.2 Å². The zero-order valence-electron chi connectivity index (χ0n) is 8.97. The van der Waals surface area contributed by atoms with Gasteiger partial charge in [-0.05, 0) is 30.5 Å². The maximum absolute atomic E-state index is 9.53. The molecule has 0 radical (unpaired) electrons. The number of halogens is 1. The average molecular weight is 232 g/mol. The first kappa shape index (κ1) is 14.1. The summed E-state index contributed by atoms with van der Waals surface area (Å²) in [6.45, 7) is 4.14. The Morgan fingerprint density at radius 3 is 2.40 bits per heavy atom. The van der Waals surface area contributed by atoms with Crippen LogP contribution in [0.2, 0.25) is 0 Å². The molecular formula is C11H18ClNO2. The molecule has 0 unspecified atom stereocenters. The third kappa shape index (κ3) is 3.98. The minimum absolute atomic E-state index is 0. The van der Waals surface area contributed by atoms with E-state index in [-0.39, 0.29) is 29.9 Å². The van der Waals surface area contributed by atoms with E-state index >= 15 is 0 Å². The van der Waals surface area contributed by atoms with Gasteiger partial charge in [0.1, 0.15) is 11.5 Å². The van der Waals surface area contributed by atoms with Crippen molar-refractivity contribution in [2.24, 2.45) is 11.7 Å². The molecule has 0 aliphatic heterocycles. The molecule has 86 valence electrons. The lowest BCUT2D eigenvalue weighted by molar-refractivity contribution is 0.435. The highest BCUT2D eigenvalue weighted by atomic mass is 35.5. The van der Waals surface area contributed by atoms with E-state index < -0.39 is 0 Å². The minimum Gasteiger partial charge on any atom is -0.508 e. The van der Waals surface area contributed by atoms with Crippen molar-refractivity contribution in [2.45, 2.75) is 26.3 Å². The smallest absolute Gasteiger partial charge is 0.120 e. The third-order valence-electron chi connectivity index (χ3n) is 2.14. The van der Waals surface area contributed by atoms with Gasteiger partial charge in [0.05, 0.1) is 0 Å². The van der Waals surface area contributed by atoms with E-state index in [2.05, 4.69) is 13.8 Å². The van der Waals surface area contributed by atoms with Gasteiger partial charge in [0.15, 0.2) is 0 Å². The number of benzene rings is 1. The van der Waals surface area contributed by atoms with Gasteiger partial charge in [0, 0.05) is 11.6 Å². The molecule has 0 saturated carbocycles. The van der Waals surface area contributed by atoms with Crippen LogP contribution in [0, 0.1) is 5.92 Å². The van der Waals surface area contributed by atoms with Crippen LogP contribution in [-0.2, 0) is 0 Å². The first-order chi connectivity index (χ1) is 6.50. The molecule has 0 spiro atoms. The lowest BCUT2D eigenvalue weighted by Crippen LogP contribution is -2.12. The summed E-state index contributed by atoms with van der Waals surface area (Å²) < 4.78 is 0. The number of aromatic hydroxyl groups is 2. The van der Waals surface area contributed by atoms with Gasteiger partial charge < -0.3 is 15.9 Å². The topological polar surface area (TPSA) is 66.5 Å². The molecular weight excluding hydrogens is 214 g/mol. The van der Waals surface area contributed by atoms with Crippen LogP contribution in [0.15, 0.2) is 18.2 Å². The third-order valence-corrected chi connectivity index (χ3v) is 2.14. The van der Waals surface area contributed by atoms with Gasteiger partial charge in [-0.2, -0.15) is 0 Å². The largest absolute Gasteiger partial charge is 0.508 e. The summed E-state index contributed by atoms with van der Waals surface area (Å²) in [6.07, 6.45) is 0.789. The molecule has 0 aliphatic carbocycles. The van der Waals surface area contributed by atoms with Gasteiger partial charge in [-0.25, -0.2) is 0 Å². The number of phenols is 2. The van der Waals surface area contributed by atoms with Crippen LogP contribution in [0.1, 0.15) is 31.9 Å². The van der Waals surface area contributed by atoms with Gasteiger partial charge in [0.2, 0.25) is 0 Å². The zero-order valence-corrected chi connectivity index (χ0v) is 9.79. The SMILES string of the molecule is CC(C)C[C@H](N)c1cc(O)ccc1O.Cl. The van der Waals surface area contributed by atoms with Crippen LogP contribution in [0.5, 0.6) is 11.5 Å². The molecule has 0 fully saturated rings. The minimum atomic E-state index is -0.220. The van der Waals surface area contributed by atoms with Crippen LogP contribution >= 0.6 is 12.4 Å². The van der Waals surface area contributed by atoms with Crippen molar-refractivity contribution >= 4 is 12.4 Å². The van der Waals surface area contributed by atoms with Crippen molar-refractivity contribution in [1.29, 1.82) is 0 Å². The van der Waals surface area contributed by atoms with Crippen molar-refractivity contribution in [2.75, 3.05) is 0 Å². The summed E-state index contributed by atoms with van der Waals surface area (Å²) in [4.78, 5) is 0. The van der Waals surface area contributed by atoms with Crippen molar-refractivity contribution in [3.05, 3.63) is 23.8 Å². The summed E-state index contributed by atoms with van der Waals surface area (Å²) in [7, 11) is 0. The summed E-state index contributed by atoms with van der Waals surface area (Å²) >= 11 is 0. The second kappa shape index (κ2) is 5.83. The van der Waals surface area contributed by atoms with Crippen LogP contribution in [-0.4, -0.2) is 10.2 Å². The number of hydrogen-bond donors (Lipinski definition) is 3. The van der Waals surface area contributed by atoms with Gasteiger partial charge in [0.25, 0.3) is 0 Å². The zero-order chi connectivity index (χ0) is 10.7. The van der Waals surface area contributed by atoms with E-state index in [9.17, 15) is 10.2 Å². The Bertz CT molecular complexity index is 315. The number of hydrogen-bond acceptors (Lipinski definition) is 3. The number of nitrogens with two attached hydrogens (primary N) is 1. The number of phenolic OH excluding ortho intramolecular Hbond substituents is 2. The Morgan fingerprint density at radius 2 is 1.87 bits per heavy atom. The quantitative estimate of drug-likeness (QED) is 0.701. The van der Waals surface area contributed by atoms with E-state index in [1.165, 1.54) is 18.2 Å². The molecule has 4 heteroatoms. The fourth-order valence-electron chi connectivity index (χ4n) is 1.47. The summed E-state index contributed by atoms with van der Waals surface area (Å²) in [6, 6.07) is 4.20. The fraction of sp³-hybridized carbons (Fsp3) is 0.455. The molecule has 4 N–H and O–H groups in total. The maximum Gasteiger partial charge on any atom is 0.120 e. The second-order valence-corrected chi connectivity index (χ2v) is 3.98. The van der Waals surface area contributed by atoms with Crippen LogP contribution in [0.3, 0.4) is 0 Å². The lowest BCUT2D eigenvalue weighted by atomic mass is 9.97. The van der Waals surface area contributed by atoms with Gasteiger partial charge >= 0.3 is 0 Å². The summed E-state index contributed by atoms with van der Waals surface area (Å²) in [5, 5.41) is 18.8. The number of rotatable bonds is 3. The normalized spacial score (nSPS) is 12.3. The van der Waals surface area contributed by atoms with Crippen LogP contribution in [0.4, 0.5) is 0 Å². The van der Waals surface area contributed by atoms with Crippen molar-refractivity contribution in [1.82, 2.24) is 0 Å². The predicted molar refractivity (Wildman–Crippen MR) is 63.4 cm³/mol. The second-order valence-electron chi connectivity index (χ2n) is 3.98. The van der Waals surface area contributed by atoms with Crippen LogP contribution in [0.25, 0.3) is 0 Å². The maximum atomic E-state index is 9.53. The average Bonchev–Trinajstić information content (AvgIpc) is 2.08. The van der Waals surface area contributed by atoms with Gasteiger partial charge in [-0.3, -0.25) is 0 Å². The van der Waals surface area contributed by atoms with Crippen molar-refractivity contribution in [3.63, 3.8) is 0 Å². The monoisotopic (exact) mass is 231 g/mol. The first-order valence-corrected chi connectivity index (χ1v) is 4.78. The fourth-order valence-corrected chi connectivity index (χ4v) is 1.47. The molecule has 0 saturated heterocycles. The van der Waals surface area contributed by atoms with E-state index in [0.29, 0.717) is 11.5 Å². The van der Waals surface area contributed by atoms with E-state index in [1.54, 1.807) is 0 Å². The molecule has 0 heterocycles. The highest BCUT2D eigenvalue weighted by Gasteiger charge is 2.12. The molecule has 1 aromatic rings. The standard InChI is InChI=1S/C11H17NO2.ClH/c1-7(2)5-10(12)9-6-8(13)3-4-11(9)14;/h3-4,6-7,10,13-14H,5,12H2,1-2H3;1H/t10-;/m0./s1. The summed E-state index contributed by atoms with van der Waals surface area (Å²) in [5.74, 6) is 0.750. The molecule has 0 aliphatic rings. The van der Waals surface area contributed by atoms with E-state index in [0.717, 1.165) is 6.42 Å². The lowest BCUT2D eigenvalue weighted by Gasteiger charge is -2.15. The molecule has 0 amide bonds. The predicted octanol–water partition coefficient (Wildman–Crippen LogP) is 2.57. The Balaban J connectivity index is 0.00000196. The highest BCUT2D eigenvalue weighted by Crippen LogP contribution is 2.29. The molecule has 15 heavy (non-hydrogen) atoms. The summed E-state index contributed by atoms with van der Waals surface area (Å²) in [5.41, 5.74) is 6.50. The van der Waals surface area contributed by atoms with Gasteiger partial charge in [-0.15, -0.1) is 12.4 Å². The van der Waals surface area contributed by atoms with E-state index in [4.69, 9.17) is 5.73 Å². The van der Waals surface area contributed by atoms with Crippen molar-refractivity contribution in [3.8, 4) is 11.5 Å². The Morgan fingerprint density at radius 1 is 1.27 bits per heavy atom. The molecule has 1 aromatic carbocycles. The molecule has 1 rings (SSSR count). The molecule has 0 bridgehead atoms. The Labute approximate surface area is 96.3 Å².